The van der Waals surface area contributed by atoms with Gasteiger partial charge in [0.1, 0.15) is 17.2 Å². The number of carbonyl (C=O) groups excluding carboxylic acids is 1. The van der Waals surface area contributed by atoms with Crippen LogP contribution in [0.3, 0.4) is 0 Å². The molecule has 1 amide bonds. The largest absolute Gasteiger partial charge is 0.323 e. The van der Waals surface area contributed by atoms with Gasteiger partial charge in [0, 0.05) is 4.88 Å². The zero-order valence-electron chi connectivity index (χ0n) is 15.7. The van der Waals surface area contributed by atoms with Crippen LogP contribution in [-0.4, -0.2) is 34.5 Å². The van der Waals surface area contributed by atoms with Gasteiger partial charge in [-0.25, -0.2) is 4.98 Å². The molecule has 0 saturated carbocycles. The fraction of sp³-hybridized carbons (Fsp3) is 0.316. The monoisotopic (exact) mass is 404 g/mol. The van der Waals surface area contributed by atoms with Gasteiger partial charge in [0.05, 0.1) is 22.6 Å². The third kappa shape index (κ3) is 4.05. The minimum Gasteiger partial charge on any atom is -0.323 e. The Balaban J connectivity index is 2.02. The van der Waals surface area contributed by atoms with Crippen molar-refractivity contribution in [2.75, 3.05) is 19.4 Å². The molecule has 0 unspecified atom stereocenters. The van der Waals surface area contributed by atoms with Crippen molar-refractivity contribution in [2.24, 2.45) is 0 Å². The van der Waals surface area contributed by atoms with Crippen LogP contribution < -0.4 is 10.9 Å². The predicted molar refractivity (Wildman–Crippen MR) is 111 cm³/mol. The summed E-state index contributed by atoms with van der Waals surface area (Å²) < 4.78 is 1.45. The van der Waals surface area contributed by atoms with Gasteiger partial charge in [-0.3, -0.25) is 14.2 Å². The summed E-state index contributed by atoms with van der Waals surface area (Å²) in [5, 5.41) is 3.80. The van der Waals surface area contributed by atoms with Crippen molar-refractivity contribution < 1.29 is 4.79 Å². The average Bonchev–Trinajstić information content (AvgIpc) is 2.87. The van der Waals surface area contributed by atoms with Crippen LogP contribution >= 0.6 is 22.9 Å². The number of benzene rings is 1. The Morgan fingerprint density at radius 3 is 2.67 bits per heavy atom. The van der Waals surface area contributed by atoms with E-state index in [0.717, 1.165) is 15.3 Å². The van der Waals surface area contributed by atoms with Crippen LogP contribution in [0.15, 0.2) is 29.1 Å². The van der Waals surface area contributed by atoms with Crippen molar-refractivity contribution in [3.05, 3.63) is 55.9 Å². The predicted octanol–water partition coefficient (Wildman–Crippen LogP) is 3.43. The lowest BCUT2D eigenvalue weighted by molar-refractivity contribution is -0.116. The summed E-state index contributed by atoms with van der Waals surface area (Å²) >= 11 is 7.61. The van der Waals surface area contributed by atoms with Gasteiger partial charge in [-0.15, -0.1) is 11.3 Å². The zero-order valence-corrected chi connectivity index (χ0v) is 17.2. The van der Waals surface area contributed by atoms with Crippen LogP contribution in [0.25, 0.3) is 10.2 Å². The second kappa shape index (κ2) is 7.80. The third-order valence-corrected chi connectivity index (χ3v) is 5.71. The molecule has 0 radical (unpaired) electrons. The van der Waals surface area contributed by atoms with Crippen molar-refractivity contribution in [3.63, 3.8) is 0 Å². The summed E-state index contributed by atoms with van der Waals surface area (Å²) in [4.78, 5) is 34.1. The molecule has 3 aromatic rings. The second-order valence-electron chi connectivity index (χ2n) is 6.65. The normalized spacial score (nSPS) is 11.3. The summed E-state index contributed by atoms with van der Waals surface area (Å²) in [6.45, 7) is 4.23. The van der Waals surface area contributed by atoms with E-state index in [2.05, 4.69) is 10.3 Å². The minimum absolute atomic E-state index is 0.121. The quantitative estimate of drug-likeness (QED) is 0.707. The maximum Gasteiger partial charge on any atom is 0.263 e. The highest BCUT2D eigenvalue weighted by atomic mass is 35.5. The molecule has 8 heteroatoms. The maximum atomic E-state index is 13.1. The van der Waals surface area contributed by atoms with E-state index in [1.54, 1.807) is 24.3 Å². The first-order valence-corrected chi connectivity index (χ1v) is 9.66. The molecule has 0 atom stereocenters. The molecular weight excluding hydrogens is 384 g/mol. The molecule has 3 rings (SSSR count). The van der Waals surface area contributed by atoms with Crippen molar-refractivity contribution in [1.82, 2.24) is 14.5 Å². The molecule has 6 nitrogen and oxygen atoms in total. The van der Waals surface area contributed by atoms with Gasteiger partial charge in [0.15, 0.2) is 0 Å². The van der Waals surface area contributed by atoms with E-state index < -0.39 is 0 Å². The number of rotatable bonds is 5. The number of para-hydroxylation sites is 1. The van der Waals surface area contributed by atoms with E-state index >= 15 is 0 Å². The molecule has 0 aliphatic heterocycles. The van der Waals surface area contributed by atoms with E-state index in [1.807, 2.05) is 32.8 Å². The van der Waals surface area contributed by atoms with Crippen molar-refractivity contribution in [3.8, 4) is 0 Å². The van der Waals surface area contributed by atoms with Gasteiger partial charge in [-0.2, -0.15) is 0 Å². The lowest BCUT2D eigenvalue weighted by Gasteiger charge is -2.16. The van der Waals surface area contributed by atoms with Crippen LogP contribution in [0.2, 0.25) is 5.02 Å². The molecule has 1 aromatic carbocycles. The lowest BCUT2D eigenvalue weighted by Crippen LogP contribution is -2.32. The smallest absolute Gasteiger partial charge is 0.263 e. The summed E-state index contributed by atoms with van der Waals surface area (Å²) in [5.74, 6) is 0.240. The molecule has 2 heterocycles. The molecule has 0 spiro atoms. The SMILES string of the molecule is Cc1sc2nc(CN(C)C)n(CC(=O)Nc3ccccc3Cl)c(=O)c2c1C. The number of fused-ring (bicyclic) bond motifs is 1. The summed E-state index contributed by atoms with van der Waals surface area (Å²) in [7, 11) is 3.80. The number of halogens is 1. The van der Waals surface area contributed by atoms with Gasteiger partial charge >= 0.3 is 0 Å². The number of anilines is 1. The van der Waals surface area contributed by atoms with Gasteiger partial charge in [-0.05, 0) is 45.6 Å². The molecule has 0 fully saturated rings. The molecule has 142 valence electrons. The maximum absolute atomic E-state index is 13.1. The number of carbonyl (C=O) groups is 1. The molecular formula is C19H21ClN4O2S. The lowest BCUT2D eigenvalue weighted by atomic mass is 10.2. The van der Waals surface area contributed by atoms with Crippen LogP contribution in [0.5, 0.6) is 0 Å². The zero-order chi connectivity index (χ0) is 19.7. The molecule has 0 bridgehead atoms. The van der Waals surface area contributed by atoms with Gasteiger partial charge in [0.25, 0.3) is 5.56 Å². The van der Waals surface area contributed by atoms with Crippen molar-refractivity contribution in [2.45, 2.75) is 26.9 Å². The number of aryl methyl sites for hydroxylation is 2. The highest BCUT2D eigenvalue weighted by Crippen LogP contribution is 2.26. The number of nitrogens with zero attached hydrogens (tertiary/aromatic N) is 3. The number of amides is 1. The fourth-order valence-corrected chi connectivity index (χ4v) is 4.05. The molecule has 0 aliphatic carbocycles. The summed E-state index contributed by atoms with van der Waals surface area (Å²) in [6.07, 6.45) is 0. The Bertz CT molecular complexity index is 1070. The van der Waals surface area contributed by atoms with Crippen molar-refractivity contribution >= 4 is 44.7 Å². The Morgan fingerprint density at radius 1 is 1.30 bits per heavy atom. The van der Waals surface area contributed by atoms with Crippen molar-refractivity contribution in [1.29, 1.82) is 0 Å². The van der Waals surface area contributed by atoms with Gasteiger partial charge in [-0.1, -0.05) is 23.7 Å². The molecule has 0 aliphatic rings. The first kappa shape index (κ1) is 19.5. The molecule has 0 saturated heterocycles. The van der Waals surface area contributed by atoms with Gasteiger partial charge < -0.3 is 10.2 Å². The van der Waals surface area contributed by atoms with Crippen LogP contribution in [0.1, 0.15) is 16.3 Å². The highest BCUT2D eigenvalue weighted by Gasteiger charge is 2.19. The van der Waals surface area contributed by atoms with Gasteiger partial charge in [0.2, 0.25) is 5.91 Å². The number of thiophene rings is 1. The van der Waals surface area contributed by atoms with E-state index in [1.165, 1.54) is 15.9 Å². The number of hydrogen-bond donors (Lipinski definition) is 1. The fourth-order valence-electron chi connectivity index (χ4n) is 2.83. The van der Waals surface area contributed by atoms with Crippen LogP contribution in [0, 0.1) is 13.8 Å². The highest BCUT2D eigenvalue weighted by molar-refractivity contribution is 7.18. The number of hydrogen-bond acceptors (Lipinski definition) is 5. The van der Waals surface area contributed by atoms with E-state index in [4.69, 9.17) is 11.6 Å². The summed E-state index contributed by atoms with van der Waals surface area (Å²) in [5.41, 5.74) is 1.25. The topological polar surface area (TPSA) is 67.2 Å². The Morgan fingerprint density at radius 2 is 2.00 bits per heavy atom. The molecule has 2 aromatic heterocycles. The Hall–Kier alpha value is -2.22. The van der Waals surface area contributed by atoms with Crippen LogP contribution in [0.4, 0.5) is 5.69 Å². The number of aromatic nitrogens is 2. The van der Waals surface area contributed by atoms with E-state index in [0.29, 0.717) is 28.5 Å². The van der Waals surface area contributed by atoms with E-state index in [-0.39, 0.29) is 18.0 Å². The first-order valence-electron chi connectivity index (χ1n) is 8.46. The second-order valence-corrected chi connectivity index (χ2v) is 8.26. The summed E-state index contributed by atoms with van der Waals surface area (Å²) in [6, 6.07) is 7.00. The Kier molecular flexibility index (Phi) is 5.64. The Labute approximate surface area is 166 Å². The first-order chi connectivity index (χ1) is 12.8. The molecule has 27 heavy (non-hydrogen) atoms. The minimum atomic E-state index is -0.323. The van der Waals surface area contributed by atoms with Crippen LogP contribution in [-0.2, 0) is 17.9 Å². The molecule has 1 N–H and O–H groups in total. The number of nitrogens with one attached hydrogen (secondary N) is 1. The average molecular weight is 405 g/mol. The third-order valence-electron chi connectivity index (χ3n) is 4.28. The standard InChI is InChI=1S/C19H21ClN4O2S/c1-11-12(2)27-18-17(11)19(26)24(15(22-18)9-23(3)4)10-16(25)21-14-8-6-5-7-13(14)20/h5-8H,9-10H2,1-4H3,(H,21,25). The van der Waals surface area contributed by atoms with E-state index in [9.17, 15) is 9.59 Å².